The minimum absolute atomic E-state index is 0.0442. The quantitative estimate of drug-likeness (QED) is 0.642. The molecule has 0 amide bonds. The Labute approximate surface area is 176 Å². The number of nitrogens with one attached hydrogen (secondary N) is 2. The summed E-state index contributed by atoms with van der Waals surface area (Å²) in [6.45, 7) is 9.55. The van der Waals surface area contributed by atoms with E-state index >= 15 is 0 Å². The van der Waals surface area contributed by atoms with E-state index in [1.165, 1.54) is 19.2 Å². The van der Waals surface area contributed by atoms with Crippen LogP contribution >= 0.6 is 0 Å². The first-order valence-electron chi connectivity index (χ1n) is 10.6. The van der Waals surface area contributed by atoms with E-state index in [0.29, 0.717) is 18.2 Å². The van der Waals surface area contributed by atoms with E-state index in [2.05, 4.69) is 56.0 Å². The Hall–Kier alpha value is -2.81. The molecule has 1 saturated heterocycles. The third-order valence-electron chi connectivity index (χ3n) is 5.71. The van der Waals surface area contributed by atoms with E-state index in [1.54, 1.807) is 17.1 Å². The predicted molar refractivity (Wildman–Crippen MR) is 117 cm³/mol. The molecule has 1 aliphatic rings. The van der Waals surface area contributed by atoms with Crippen molar-refractivity contribution in [2.24, 2.45) is 0 Å². The maximum Gasteiger partial charge on any atom is 0.266 e. The fourth-order valence-electron chi connectivity index (χ4n) is 3.93. The van der Waals surface area contributed by atoms with Crippen molar-refractivity contribution in [1.29, 1.82) is 0 Å². The van der Waals surface area contributed by atoms with Gasteiger partial charge in [0.1, 0.15) is 11.8 Å². The predicted octanol–water partition coefficient (Wildman–Crippen LogP) is 2.17. The van der Waals surface area contributed by atoms with Gasteiger partial charge >= 0.3 is 0 Å². The zero-order valence-corrected chi connectivity index (χ0v) is 17.9. The molecule has 3 aromatic rings. The molecule has 9 nitrogen and oxygen atoms in total. The summed E-state index contributed by atoms with van der Waals surface area (Å²) in [7, 11) is 0. The number of anilines is 1. The number of nitrogens with zero attached hydrogens (tertiary/aromatic N) is 6. The first kappa shape index (κ1) is 20.5. The standard InChI is InChI=1S/C21H30N8O/c1-21(2,3)16-7-8-17(30)29(27-16)11-10-28-9-5-4-6-15(28)12-22-19-18-20(24-13-23-18)26-14-25-19/h7-8,13-15H,4-6,9-12H2,1-3H3,(H2,22,23,24,25,26). The van der Waals surface area contributed by atoms with Crippen molar-refractivity contribution in [3.05, 3.63) is 40.8 Å². The molecular formula is C21H30N8O. The van der Waals surface area contributed by atoms with Crippen LogP contribution in [0.25, 0.3) is 11.2 Å². The van der Waals surface area contributed by atoms with E-state index in [0.717, 1.165) is 43.1 Å². The van der Waals surface area contributed by atoms with Gasteiger partial charge in [0, 0.05) is 30.6 Å². The molecule has 1 fully saturated rings. The highest BCUT2D eigenvalue weighted by molar-refractivity contribution is 5.81. The smallest absolute Gasteiger partial charge is 0.266 e. The van der Waals surface area contributed by atoms with E-state index < -0.39 is 0 Å². The van der Waals surface area contributed by atoms with Crippen molar-refractivity contribution in [3.63, 3.8) is 0 Å². The Bertz CT molecular complexity index is 1050. The van der Waals surface area contributed by atoms with Crippen LogP contribution in [0.1, 0.15) is 45.7 Å². The zero-order valence-electron chi connectivity index (χ0n) is 17.9. The molecule has 0 aliphatic carbocycles. The van der Waals surface area contributed by atoms with E-state index in [4.69, 9.17) is 0 Å². The van der Waals surface area contributed by atoms with Crippen LogP contribution in [0.15, 0.2) is 29.6 Å². The van der Waals surface area contributed by atoms with E-state index in [-0.39, 0.29) is 11.0 Å². The van der Waals surface area contributed by atoms with Crippen LogP contribution in [0.5, 0.6) is 0 Å². The van der Waals surface area contributed by atoms with Crippen LogP contribution in [-0.4, -0.2) is 60.3 Å². The number of fused-ring (bicyclic) bond motifs is 1. The minimum Gasteiger partial charge on any atom is -0.367 e. The molecule has 2 N–H and O–H groups in total. The fourth-order valence-corrected chi connectivity index (χ4v) is 3.93. The third-order valence-corrected chi connectivity index (χ3v) is 5.71. The Balaban J connectivity index is 1.42. The van der Waals surface area contributed by atoms with Gasteiger partial charge in [0.2, 0.25) is 0 Å². The molecule has 0 radical (unpaired) electrons. The lowest BCUT2D eigenvalue weighted by Crippen LogP contribution is -2.45. The molecule has 0 spiro atoms. The highest BCUT2D eigenvalue weighted by Gasteiger charge is 2.23. The minimum atomic E-state index is -0.0808. The number of imidazole rings is 1. The van der Waals surface area contributed by atoms with Gasteiger partial charge in [0.25, 0.3) is 5.56 Å². The van der Waals surface area contributed by atoms with E-state index in [9.17, 15) is 4.79 Å². The van der Waals surface area contributed by atoms with E-state index in [1.807, 2.05) is 6.07 Å². The largest absolute Gasteiger partial charge is 0.367 e. The number of aromatic nitrogens is 6. The first-order valence-corrected chi connectivity index (χ1v) is 10.6. The molecule has 4 rings (SSSR count). The Morgan fingerprint density at radius 2 is 2.03 bits per heavy atom. The molecule has 3 aromatic heterocycles. The van der Waals surface area contributed by atoms with Crippen LogP contribution in [0.2, 0.25) is 0 Å². The molecule has 0 aromatic carbocycles. The Morgan fingerprint density at radius 3 is 2.87 bits per heavy atom. The van der Waals surface area contributed by atoms with Gasteiger partial charge < -0.3 is 10.3 Å². The van der Waals surface area contributed by atoms with Crippen LogP contribution in [0.4, 0.5) is 5.82 Å². The van der Waals surface area contributed by atoms with Gasteiger partial charge in [-0.3, -0.25) is 9.69 Å². The summed E-state index contributed by atoms with van der Waals surface area (Å²) >= 11 is 0. The SMILES string of the molecule is CC(C)(C)c1ccc(=O)n(CCN2CCCCC2CNc2ncnc3nc[nH]c23)n1. The Morgan fingerprint density at radius 1 is 1.17 bits per heavy atom. The second kappa shape index (κ2) is 8.51. The van der Waals surface area contributed by atoms with Gasteiger partial charge in [0.15, 0.2) is 11.5 Å². The number of hydrogen-bond donors (Lipinski definition) is 2. The van der Waals surface area contributed by atoms with Gasteiger partial charge in [-0.25, -0.2) is 19.6 Å². The molecule has 1 unspecified atom stereocenters. The summed E-state index contributed by atoms with van der Waals surface area (Å²) in [6, 6.07) is 3.85. The van der Waals surface area contributed by atoms with Crippen molar-refractivity contribution >= 4 is 17.0 Å². The fraction of sp³-hybridized carbons (Fsp3) is 0.571. The highest BCUT2D eigenvalue weighted by Crippen LogP contribution is 2.20. The lowest BCUT2D eigenvalue weighted by atomic mass is 9.92. The van der Waals surface area contributed by atoms with Crippen molar-refractivity contribution in [1.82, 2.24) is 34.6 Å². The molecule has 160 valence electrons. The molecule has 1 aliphatic heterocycles. The number of H-pyrrole nitrogens is 1. The number of likely N-dealkylation sites (tertiary alicyclic amines) is 1. The first-order chi connectivity index (χ1) is 14.4. The van der Waals surface area contributed by atoms with Gasteiger partial charge in [-0.2, -0.15) is 5.10 Å². The van der Waals surface area contributed by atoms with Gasteiger partial charge in [0.05, 0.1) is 18.6 Å². The van der Waals surface area contributed by atoms with Crippen molar-refractivity contribution in [2.45, 2.75) is 58.0 Å². The second-order valence-corrected chi connectivity index (χ2v) is 8.92. The molecule has 30 heavy (non-hydrogen) atoms. The molecular weight excluding hydrogens is 380 g/mol. The molecule has 9 heteroatoms. The number of rotatable bonds is 6. The lowest BCUT2D eigenvalue weighted by Gasteiger charge is -2.36. The number of hydrogen-bond acceptors (Lipinski definition) is 7. The Kier molecular flexibility index (Phi) is 5.80. The van der Waals surface area contributed by atoms with Gasteiger partial charge in [-0.05, 0) is 25.5 Å². The summed E-state index contributed by atoms with van der Waals surface area (Å²) < 4.78 is 1.61. The molecule has 0 saturated carbocycles. The van der Waals surface area contributed by atoms with Gasteiger partial charge in [-0.1, -0.05) is 27.2 Å². The summed E-state index contributed by atoms with van der Waals surface area (Å²) in [4.78, 5) is 30.6. The summed E-state index contributed by atoms with van der Waals surface area (Å²) in [5, 5.41) is 8.07. The van der Waals surface area contributed by atoms with Gasteiger partial charge in [-0.15, -0.1) is 0 Å². The monoisotopic (exact) mass is 410 g/mol. The normalized spacial score (nSPS) is 18.0. The van der Waals surface area contributed by atoms with Crippen LogP contribution in [-0.2, 0) is 12.0 Å². The van der Waals surface area contributed by atoms with Crippen LogP contribution < -0.4 is 10.9 Å². The number of aromatic amines is 1. The molecule has 0 bridgehead atoms. The second-order valence-electron chi connectivity index (χ2n) is 8.92. The maximum absolute atomic E-state index is 12.3. The van der Waals surface area contributed by atoms with Crippen LogP contribution in [0, 0.1) is 0 Å². The topological polar surface area (TPSA) is 105 Å². The lowest BCUT2D eigenvalue weighted by molar-refractivity contribution is 0.147. The van der Waals surface area contributed by atoms with Crippen molar-refractivity contribution < 1.29 is 0 Å². The summed E-state index contributed by atoms with van der Waals surface area (Å²) in [6.07, 6.45) is 6.68. The zero-order chi connectivity index (χ0) is 21.1. The highest BCUT2D eigenvalue weighted by atomic mass is 16.1. The average Bonchev–Trinajstić information content (AvgIpc) is 3.21. The van der Waals surface area contributed by atoms with Crippen molar-refractivity contribution in [2.75, 3.05) is 25.0 Å². The third kappa shape index (κ3) is 4.51. The summed E-state index contributed by atoms with van der Waals surface area (Å²) in [5.74, 6) is 0.777. The molecule has 4 heterocycles. The molecule has 1 atom stereocenters. The van der Waals surface area contributed by atoms with Crippen molar-refractivity contribution in [3.8, 4) is 0 Å². The van der Waals surface area contributed by atoms with Crippen LogP contribution in [0.3, 0.4) is 0 Å². The number of piperidine rings is 1. The summed E-state index contributed by atoms with van der Waals surface area (Å²) in [5.41, 5.74) is 2.30. The maximum atomic E-state index is 12.3. The average molecular weight is 411 g/mol.